The first-order chi connectivity index (χ1) is 15.5. The lowest BCUT2D eigenvalue weighted by Crippen LogP contribution is -2.51. The van der Waals surface area contributed by atoms with Crippen molar-refractivity contribution in [1.82, 2.24) is 0 Å². The Kier molecular flexibility index (Phi) is 7.46. The summed E-state index contributed by atoms with van der Waals surface area (Å²) in [4.78, 5) is 42.4. The highest BCUT2D eigenvalue weighted by atomic mass is 28.3. The zero-order valence-corrected chi connectivity index (χ0v) is 20.5. The molecule has 4 rings (SSSR count). The largest absolute Gasteiger partial charge is 0.508 e. The third-order valence-corrected chi connectivity index (χ3v) is 7.82. The maximum atomic E-state index is 13.3. The Bertz CT molecular complexity index is 957. The molecule has 0 spiro atoms. The molecule has 0 saturated heterocycles. The third-order valence-electron chi connectivity index (χ3n) is 6.11. The van der Waals surface area contributed by atoms with Crippen LogP contribution in [0.2, 0.25) is 25.7 Å². The van der Waals surface area contributed by atoms with Crippen LogP contribution in [0.4, 0.5) is 4.79 Å². The first-order valence-corrected chi connectivity index (χ1v) is 14.9. The Morgan fingerprint density at radius 3 is 2.39 bits per heavy atom. The van der Waals surface area contributed by atoms with Crippen LogP contribution in [-0.2, 0) is 23.9 Å². The van der Waals surface area contributed by atoms with Crippen LogP contribution in [0.25, 0.3) is 0 Å². The topological polar surface area (TPSA) is 138 Å². The summed E-state index contributed by atoms with van der Waals surface area (Å²) in [5, 5.41) is 14.0. The first-order valence-electron chi connectivity index (χ1n) is 11.2. The molecule has 9 nitrogen and oxygen atoms in total. The molecule has 10 heteroatoms. The van der Waals surface area contributed by atoms with Gasteiger partial charge < -0.3 is 20.3 Å². The summed E-state index contributed by atoms with van der Waals surface area (Å²) >= 11 is 0. The maximum Gasteiger partial charge on any atom is 0.430 e. The summed E-state index contributed by atoms with van der Waals surface area (Å²) in [7, 11) is -1.42. The average molecular weight is 477 g/mol. The number of amides is 1. The number of hydrogen-bond acceptors (Lipinski definition) is 8. The molecule has 0 heterocycles. The first kappa shape index (κ1) is 24.8. The molecule has 1 amide bonds. The van der Waals surface area contributed by atoms with Crippen LogP contribution < -0.4 is 5.73 Å². The van der Waals surface area contributed by atoms with Gasteiger partial charge in [0.25, 0.3) is 0 Å². The number of primary amides is 1. The Hall–Kier alpha value is -2.88. The molecule has 1 aromatic carbocycles. The van der Waals surface area contributed by atoms with Crippen molar-refractivity contribution in [2.75, 3.05) is 13.2 Å². The van der Waals surface area contributed by atoms with Crippen molar-refractivity contribution in [2.24, 2.45) is 22.7 Å². The highest BCUT2D eigenvalue weighted by molar-refractivity contribution is 6.76. The van der Waals surface area contributed by atoms with Gasteiger partial charge in [0.2, 0.25) is 0 Å². The molecule has 33 heavy (non-hydrogen) atoms. The summed E-state index contributed by atoms with van der Waals surface area (Å²) in [6, 6.07) is 5.67. The zero-order valence-electron chi connectivity index (χ0n) is 19.5. The SMILES string of the molecule is CCCOC(=O)[C@H]1[C@H](C(=O)OCC[Si](C)(C)C)C2C/C(=N\OC(N)=O)[C@H]1c1cc(O)ccc12. The number of esters is 2. The second kappa shape index (κ2) is 9.94. The number of oxime groups is 1. The molecule has 0 radical (unpaired) electrons. The van der Waals surface area contributed by atoms with Crippen LogP contribution in [0.5, 0.6) is 5.75 Å². The highest BCUT2D eigenvalue weighted by Gasteiger charge is 2.57. The maximum absolute atomic E-state index is 13.3. The van der Waals surface area contributed by atoms with Gasteiger partial charge in [-0.3, -0.25) is 14.4 Å². The summed E-state index contributed by atoms with van der Waals surface area (Å²) in [6.45, 7) is 8.97. The summed E-state index contributed by atoms with van der Waals surface area (Å²) in [6.07, 6.45) is -0.158. The second-order valence-corrected chi connectivity index (χ2v) is 15.4. The van der Waals surface area contributed by atoms with E-state index in [4.69, 9.17) is 15.2 Å². The molecule has 1 aromatic rings. The molecule has 2 bridgehead atoms. The van der Waals surface area contributed by atoms with Gasteiger partial charge in [0, 0.05) is 19.9 Å². The Labute approximate surface area is 194 Å². The summed E-state index contributed by atoms with van der Waals surface area (Å²) in [5.74, 6) is -3.82. The Morgan fingerprint density at radius 2 is 1.76 bits per heavy atom. The number of carbonyl (C=O) groups is 3. The molecule has 0 aromatic heterocycles. The normalized spacial score (nSPS) is 24.8. The quantitative estimate of drug-likeness (QED) is 0.253. The fourth-order valence-corrected chi connectivity index (χ4v) is 5.35. The van der Waals surface area contributed by atoms with Gasteiger partial charge in [0.05, 0.1) is 30.8 Å². The minimum Gasteiger partial charge on any atom is -0.508 e. The van der Waals surface area contributed by atoms with E-state index in [0.717, 1.165) is 11.6 Å². The fraction of sp³-hybridized carbons (Fsp3) is 0.565. The average Bonchev–Trinajstić information content (AvgIpc) is 2.74. The number of hydrogen-bond donors (Lipinski definition) is 2. The van der Waals surface area contributed by atoms with Crippen molar-refractivity contribution in [3.05, 3.63) is 29.3 Å². The van der Waals surface area contributed by atoms with E-state index < -0.39 is 49.8 Å². The van der Waals surface area contributed by atoms with Crippen LogP contribution in [0, 0.1) is 11.8 Å². The number of carbonyl (C=O) groups excluding carboxylic acids is 3. The van der Waals surface area contributed by atoms with Gasteiger partial charge in [-0.15, -0.1) is 0 Å². The van der Waals surface area contributed by atoms with E-state index in [0.29, 0.717) is 30.7 Å². The van der Waals surface area contributed by atoms with E-state index in [9.17, 15) is 19.5 Å². The number of nitrogens with two attached hydrogens (primary N) is 1. The number of benzene rings is 1. The fourth-order valence-electron chi connectivity index (χ4n) is 4.63. The van der Waals surface area contributed by atoms with E-state index in [2.05, 4.69) is 29.6 Å². The molecular weight excluding hydrogens is 444 g/mol. The standard InChI is InChI=1S/C23H32N2O7Si/c1-5-8-30-22(28)20-18-15-11-13(26)6-7-14(15)16(12-17(18)25-32-23(24)29)19(20)21(27)31-9-10-33(2,3)4/h6-7,11,16,18-20,26H,5,8-10,12H2,1-4H3,(H2,24,29)/b25-17+/t16?,18-,19-,20-/m1/s1. The lowest BCUT2D eigenvalue weighted by Gasteiger charge is -2.47. The summed E-state index contributed by atoms with van der Waals surface area (Å²) in [5.41, 5.74) is 6.98. The molecule has 4 atom stereocenters. The Morgan fingerprint density at radius 1 is 1.09 bits per heavy atom. The van der Waals surface area contributed by atoms with Crippen LogP contribution in [-0.4, -0.2) is 50.1 Å². The van der Waals surface area contributed by atoms with Gasteiger partial charge in [-0.1, -0.05) is 37.8 Å². The predicted molar refractivity (Wildman–Crippen MR) is 124 cm³/mol. The summed E-state index contributed by atoms with van der Waals surface area (Å²) < 4.78 is 11.1. The van der Waals surface area contributed by atoms with Gasteiger partial charge in [0.1, 0.15) is 5.75 Å². The minimum atomic E-state index is -1.42. The second-order valence-electron chi connectivity index (χ2n) is 9.79. The highest BCUT2D eigenvalue weighted by Crippen LogP contribution is 2.55. The van der Waals surface area contributed by atoms with Crippen molar-refractivity contribution in [2.45, 2.75) is 57.3 Å². The lowest BCUT2D eigenvalue weighted by molar-refractivity contribution is -0.163. The molecule has 0 aliphatic heterocycles. The number of phenolic OH excluding ortho intramolecular Hbond substituents is 1. The van der Waals surface area contributed by atoms with Crippen LogP contribution >= 0.6 is 0 Å². The van der Waals surface area contributed by atoms with Crippen molar-refractivity contribution < 1.29 is 33.8 Å². The van der Waals surface area contributed by atoms with Gasteiger partial charge in [0.15, 0.2) is 0 Å². The van der Waals surface area contributed by atoms with Crippen LogP contribution in [0.3, 0.4) is 0 Å². The molecular formula is C23H32N2O7Si. The molecule has 1 unspecified atom stereocenters. The number of nitrogens with zero attached hydrogens (tertiary/aromatic N) is 1. The van der Waals surface area contributed by atoms with Crippen LogP contribution in [0.15, 0.2) is 23.4 Å². The van der Waals surface area contributed by atoms with Gasteiger partial charge in [-0.05, 0) is 42.1 Å². The predicted octanol–water partition coefficient (Wildman–Crippen LogP) is 3.50. The zero-order chi connectivity index (χ0) is 24.3. The number of ether oxygens (including phenoxy) is 2. The van der Waals surface area contributed by atoms with Gasteiger partial charge >= 0.3 is 18.0 Å². The monoisotopic (exact) mass is 476 g/mol. The van der Waals surface area contributed by atoms with Crippen LogP contribution in [0.1, 0.15) is 42.7 Å². The molecule has 3 N–H and O–H groups in total. The number of rotatable bonds is 8. The number of fused-ring (bicyclic) bond motifs is 2. The van der Waals surface area contributed by atoms with E-state index >= 15 is 0 Å². The molecule has 3 aliphatic rings. The smallest absolute Gasteiger partial charge is 0.430 e. The van der Waals surface area contributed by atoms with Crippen molar-refractivity contribution in [3.8, 4) is 5.75 Å². The van der Waals surface area contributed by atoms with Gasteiger partial charge in [-0.2, -0.15) is 0 Å². The van der Waals surface area contributed by atoms with E-state index in [1.165, 1.54) is 0 Å². The Balaban J connectivity index is 2.03. The third kappa shape index (κ3) is 5.55. The number of aromatic hydroxyl groups is 1. The van der Waals surface area contributed by atoms with Crippen molar-refractivity contribution in [1.29, 1.82) is 0 Å². The van der Waals surface area contributed by atoms with E-state index in [-0.39, 0.29) is 12.4 Å². The van der Waals surface area contributed by atoms with E-state index in [1.54, 1.807) is 18.2 Å². The van der Waals surface area contributed by atoms with Crippen molar-refractivity contribution in [3.63, 3.8) is 0 Å². The van der Waals surface area contributed by atoms with E-state index in [1.807, 2.05) is 6.92 Å². The molecule has 3 aliphatic carbocycles. The minimum absolute atomic E-state index is 0.0198. The van der Waals surface area contributed by atoms with Gasteiger partial charge in [-0.25, -0.2) is 4.79 Å². The lowest BCUT2D eigenvalue weighted by atomic mass is 9.55. The molecule has 180 valence electrons. The number of phenols is 1. The molecule has 1 saturated carbocycles. The van der Waals surface area contributed by atoms with Crippen molar-refractivity contribution >= 4 is 31.8 Å². The molecule has 1 fully saturated rings.